The molecule has 0 radical (unpaired) electrons. The van der Waals surface area contributed by atoms with Gasteiger partial charge in [-0.05, 0) is 30.0 Å². The lowest BCUT2D eigenvalue weighted by Crippen LogP contribution is -2.17. The molecule has 1 atom stereocenters. The van der Waals surface area contributed by atoms with Crippen molar-refractivity contribution in [3.63, 3.8) is 0 Å². The number of hydrogen-bond acceptors (Lipinski definition) is 3. The maximum absolute atomic E-state index is 13.9. The lowest BCUT2D eigenvalue weighted by Gasteiger charge is -2.12. The molecule has 2 heterocycles. The molecule has 3 rings (SSSR count). The van der Waals surface area contributed by atoms with Crippen LogP contribution in [0, 0.1) is 5.82 Å². The van der Waals surface area contributed by atoms with Crippen LogP contribution in [0.3, 0.4) is 0 Å². The zero-order valence-corrected chi connectivity index (χ0v) is 12.0. The second-order valence-electron chi connectivity index (χ2n) is 4.72. The van der Waals surface area contributed by atoms with Gasteiger partial charge in [-0.1, -0.05) is 19.1 Å². The lowest BCUT2D eigenvalue weighted by molar-refractivity contribution is 0.630. The monoisotopic (exact) mass is 289 g/mol. The second-order valence-corrected chi connectivity index (χ2v) is 5.70. The van der Waals surface area contributed by atoms with E-state index in [0.29, 0.717) is 5.52 Å². The summed E-state index contributed by atoms with van der Waals surface area (Å²) in [7, 11) is 0. The Morgan fingerprint density at radius 1 is 1.35 bits per heavy atom. The number of hydrogen-bond donors (Lipinski definition) is 1. The van der Waals surface area contributed by atoms with E-state index in [1.165, 1.54) is 6.07 Å². The summed E-state index contributed by atoms with van der Waals surface area (Å²) in [5.41, 5.74) is 7.53. The molecule has 0 aliphatic rings. The van der Waals surface area contributed by atoms with Gasteiger partial charge < -0.3 is 10.3 Å². The highest BCUT2D eigenvalue weighted by Gasteiger charge is 2.20. The Morgan fingerprint density at radius 3 is 2.90 bits per heavy atom. The van der Waals surface area contributed by atoms with E-state index in [0.717, 1.165) is 29.2 Å². The van der Waals surface area contributed by atoms with Crippen LogP contribution in [-0.4, -0.2) is 9.55 Å². The van der Waals surface area contributed by atoms with Crippen LogP contribution in [0.2, 0.25) is 0 Å². The molecule has 2 aromatic heterocycles. The molecule has 0 fully saturated rings. The van der Waals surface area contributed by atoms with Crippen molar-refractivity contribution in [3.8, 4) is 0 Å². The number of imidazole rings is 1. The first kappa shape index (κ1) is 13.3. The summed E-state index contributed by atoms with van der Waals surface area (Å²) >= 11 is 1.59. The van der Waals surface area contributed by atoms with E-state index in [1.807, 2.05) is 28.1 Å². The molecule has 104 valence electrons. The standard InChI is InChI=1S/C15H16FN3S/c1-2-8-19-11-6-3-5-10(16)14(11)18-15(19)13(17)12-7-4-9-20-12/h3-7,9,13H,2,8,17H2,1H3. The van der Waals surface area contributed by atoms with Gasteiger partial charge in [-0.2, -0.15) is 0 Å². The van der Waals surface area contributed by atoms with Crippen molar-refractivity contribution in [2.24, 2.45) is 5.73 Å². The highest BCUT2D eigenvalue weighted by molar-refractivity contribution is 7.10. The van der Waals surface area contributed by atoms with Crippen LogP contribution >= 0.6 is 11.3 Å². The molecule has 0 aliphatic heterocycles. The third-order valence-electron chi connectivity index (χ3n) is 3.33. The second kappa shape index (κ2) is 5.34. The van der Waals surface area contributed by atoms with Gasteiger partial charge in [0.1, 0.15) is 11.3 Å². The van der Waals surface area contributed by atoms with Crippen molar-refractivity contribution in [2.45, 2.75) is 25.9 Å². The van der Waals surface area contributed by atoms with E-state index < -0.39 is 0 Å². The van der Waals surface area contributed by atoms with Crippen LogP contribution in [0.15, 0.2) is 35.7 Å². The number of halogens is 1. The minimum absolute atomic E-state index is 0.294. The van der Waals surface area contributed by atoms with Crippen LogP contribution < -0.4 is 5.73 Å². The Balaban J connectivity index is 2.19. The fourth-order valence-corrected chi connectivity index (χ4v) is 3.15. The van der Waals surface area contributed by atoms with Crippen molar-refractivity contribution in [2.75, 3.05) is 0 Å². The Labute approximate surface area is 120 Å². The lowest BCUT2D eigenvalue weighted by atomic mass is 10.2. The average molecular weight is 289 g/mol. The van der Waals surface area contributed by atoms with Crippen molar-refractivity contribution < 1.29 is 4.39 Å². The van der Waals surface area contributed by atoms with Gasteiger partial charge in [-0.25, -0.2) is 9.37 Å². The smallest absolute Gasteiger partial charge is 0.151 e. The number of benzene rings is 1. The third kappa shape index (κ3) is 2.13. The predicted octanol–water partition coefficient (Wildman–Crippen LogP) is 3.70. The first-order valence-electron chi connectivity index (χ1n) is 6.66. The van der Waals surface area contributed by atoms with Gasteiger partial charge in [0.25, 0.3) is 0 Å². The van der Waals surface area contributed by atoms with Gasteiger partial charge in [0, 0.05) is 11.4 Å². The van der Waals surface area contributed by atoms with Crippen molar-refractivity contribution in [3.05, 3.63) is 52.2 Å². The first-order chi connectivity index (χ1) is 9.72. The van der Waals surface area contributed by atoms with Gasteiger partial charge in [-0.15, -0.1) is 11.3 Å². The molecule has 5 heteroatoms. The van der Waals surface area contributed by atoms with E-state index in [-0.39, 0.29) is 11.9 Å². The molecule has 1 aromatic carbocycles. The average Bonchev–Trinajstić information content (AvgIpc) is 3.08. The normalized spacial score (nSPS) is 12.9. The summed E-state index contributed by atoms with van der Waals surface area (Å²) in [6, 6.07) is 8.69. The summed E-state index contributed by atoms with van der Waals surface area (Å²) in [5, 5.41) is 1.99. The fourth-order valence-electron chi connectivity index (χ4n) is 2.42. The molecule has 20 heavy (non-hydrogen) atoms. The van der Waals surface area contributed by atoms with Crippen molar-refractivity contribution in [1.29, 1.82) is 0 Å². The van der Waals surface area contributed by atoms with Gasteiger partial charge in [0.15, 0.2) is 5.82 Å². The number of rotatable bonds is 4. The van der Waals surface area contributed by atoms with Crippen LogP contribution in [0.1, 0.15) is 30.1 Å². The van der Waals surface area contributed by atoms with Crippen LogP contribution in [0.25, 0.3) is 11.0 Å². The summed E-state index contributed by atoms with van der Waals surface area (Å²) in [5.74, 6) is 0.436. The fraction of sp³-hybridized carbons (Fsp3) is 0.267. The Bertz CT molecular complexity index is 718. The zero-order valence-electron chi connectivity index (χ0n) is 11.2. The first-order valence-corrected chi connectivity index (χ1v) is 7.54. The molecule has 0 spiro atoms. The van der Waals surface area contributed by atoms with Gasteiger partial charge in [0.05, 0.1) is 11.6 Å². The Hall–Kier alpha value is -1.72. The van der Waals surface area contributed by atoms with Crippen LogP contribution in [-0.2, 0) is 6.54 Å². The molecule has 0 saturated heterocycles. The highest BCUT2D eigenvalue weighted by atomic mass is 32.1. The minimum Gasteiger partial charge on any atom is -0.326 e. The van der Waals surface area contributed by atoms with Crippen molar-refractivity contribution in [1.82, 2.24) is 9.55 Å². The number of thiophene rings is 1. The topological polar surface area (TPSA) is 43.8 Å². The molecule has 3 aromatic rings. The summed E-state index contributed by atoms with van der Waals surface area (Å²) in [6.45, 7) is 2.87. The molecule has 1 unspecified atom stereocenters. The molecule has 0 aliphatic carbocycles. The Morgan fingerprint density at radius 2 is 2.20 bits per heavy atom. The summed E-state index contributed by atoms with van der Waals surface area (Å²) in [6.07, 6.45) is 0.951. The highest BCUT2D eigenvalue weighted by Crippen LogP contribution is 2.28. The summed E-state index contributed by atoms with van der Waals surface area (Å²) < 4.78 is 15.9. The van der Waals surface area contributed by atoms with E-state index in [4.69, 9.17) is 5.73 Å². The van der Waals surface area contributed by atoms with Crippen LogP contribution in [0.5, 0.6) is 0 Å². The Kier molecular flexibility index (Phi) is 3.54. The quantitative estimate of drug-likeness (QED) is 0.796. The zero-order chi connectivity index (χ0) is 14.1. The molecular formula is C15H16FN3S. The number of para-hydroxylation sites is 1. The van der Waals surface area contributed by atoms with Gasteiger partial charge in [0.2, 0.25) is 0 Å². The van der Waals surface area contributed by atoms with Gasteiger partial charge in [-0.3, -0.25) is 0 Å². The number of nitrogens with zero attached hydrogens (tertiary/aromatic N) is 2. The van der Waals surface area contributed by atoms with Gasteiger partial charge >= 0.3 is 0 Å². The van der Waals surface area contributed by atoms with E-state index in [1.54, 1.807) is 17.4 Å². The van der Waals surface area contributed by atoms with Crippen molar-refractivity contribution >= 4 is 22.4 Å². The predicted molar refractivity (Wildman–Crippen MR) is 80.3 cm³/mol. The number of aromatic nitrogens is 2. The summed E-state index contributed by atoms with van der Waals surface area (Å²) in [4.78, 5) is 5.50. The number of nitrogens with two attached hydrogens (primary N) is 1. The number of aryl methyl sites for hydroxylation is 1. The maximum atomic E-state index is 13.9. The SMILES string of the molecule is CCCn1c(C(N)c2cccs2)nc2c(F)cccc21. The largest absolute Gasteiger partial charge is 0.326 e. The number of fused-ring (bicyclic) bond motifs is 1. The minimum atomic E-state index is -0.312. The van der Waals surface area contributed by atoms with Crippen LogP contribution in [0.4, 0.5) is 4.39 Å². The maximum Gasteiger partial charge on any atom is 0.151 e. The van der Waals surface area contributed by atoms with E-state index in [9.17, 15) is 4.39 Å². The molecular weight excluding hydrogens is 273 g/mol. The molecule has 3 nitrogen and oxygen atoms in total. The molecule has 2 N–H and O–H groups in total. The molecule has 0 amide bonds. The molecule has 0 saturated carbocycles. The van der Waals surface area contributed by atoms with E-state index >= 15 is 0 Å². The third-order valence-corrected chi connectivity index (χ3v) is 4.29. The van der Waals surface area contributed by atoms with E-state index in [2.05, 4.69) is 11.9 Å². The molecule has 0 bridgehead atoms.